The number of hydrogen-bond donors (Lipinski definition) is 1. The fourth-order valence-corrected chi connectivity index (χ4v) is 3.66. The number of fused-ring (bicyclic) bond motifs is 3. The minimum atomic E-state index is -0.325. The van der Waals surface area contributed by atoms with Crippen LogP contribution in [0.5, 0.6) is 11.5 Å². The van der Waals surface area contributed by atoms with Gasteiger partial charge in [0.25, 0.3) is 0 Å². The van der Waals surface area contributed by atoms with E-state index in [1.165, 1.54) is 6.92 Å². The molecule has 0 bridgehead atoms. The summed E-state index contributed by atoms with van der Waals surface area (Å²) in [4.78, 5) is 13.4. The number of carbonyl (C=O) groups excluding carboxylic acids is 1. The molecule has 5 nitrogen and oxygen atoms in total. The molecule has 1 aliphatic heterocycles. The van der Waals surface area contributed by atoms with Crippen LogP contribution < -0.4 is 4.74 Å². The average Bonchev–Trinajstić information content (AvgIpc) is 2.83. The summed E-state index contributed by atoms with van der Waals surface area (Å²) in [6, 6.07) is 3.68. The Labute approximate surface area is 142 Å². The van der Waals surface area contributed by atoms with Gasteiger partial charge in [-0.1, -0.05) is 19.1 Å². The predicted molar refractivity (Wildman–Crippen MR) is 91.2 cm³/mol. The van der Waals surface area contributed by atoms with Crippen molar-refractivity contribution in [1.82, 2.24) is 4.90 Å². The van der Waals surface area contributed by atoms with Gasteiger partial charge in [-0.15, -0.1) is 0 Å². The number of aromatic hydroxyl groups is 1. The zero-order chi connectivity index (χ0) is 17.5. The minimum absolute atomic E-state index is 0.152. The number of ether oxygens (including phenoxy) is 2. The Morgan fingerprint density at radius 3 is 2.92 bits per heavy atom. The molecule has 2 aliphatic rings. The molecule has 0 radical (unpaired) electrons. The van der Waals surface area contributed by atoms with Gasteiger partial charge in [0.05, 0.1) is 5.41 Å². The number of rotatable bonds is 4. The molecule has 0 fully saturated rings. The zero-order valence-electron chi connectivity index (χ0n) is 14.7. The first-order chi connectivity index (χ1) is 11.3. The summed E-state index contributed by atoms with van der Waals surface area (Å²) in [5.41, 5.74) is 1.88. The lowest BCUT2D eigenvalue weighted by atomic mass is 9.72. The van der Waals surface area contributed by atoms with E-state index in [0.29, 0.717) is 12.2 Å². The smallest absolute Gasteiger partial charge is 0.303 e. The molecule has 1 aromatic rings. The molecule has 3 atom stereocenters. The van der Waals surface area contributed by atoms with Gasteiger partial charge in [0.1, 0.15) is 12.2 Å². The third-order valence-corrected chi connectivity index (χ3v) is 5.09. The topological polar surface area (TPSA) is 59.0 Å². The van der Waals surface area contributed by atoms with Gasteiger partial charge in [0, 0.05) is 25.5 Å². The standard InChI is InChI=1S/C19H25NO4/c1-5-20(4)11-13-6-7-15(22)18-17(13)19(3)9-8-14(23-12(2)21)10-16(19)24-18/h6-9,14,16,22H,5,10-11H2,1-4H3/t14-,16-,19+/m0/s1. The van der Waals surface area contributed by atoms with Crippen LogP contribution in [0, 0.1) is 0 Å². The molecule has 0 saturated carbocycles. The van der Waals surface area contributed by atoms with Crippen LogP contribution in [0.2, 0.25) is 0 Å². The van der Waals surface area contributed by atoms with Crippen LogP contribution in [0.25, 0.3) is 0 Å². The third kappa shape index (κ3) is 2.77. The lowest BCUT2D eigenvalue weighted by molar-refractivity contribution is -0.145. The van der Waals surface area contributed by atoms with Gasteiger partial charge >= 0.3 is 5.97 Å². The second-order valence-corrected chi connectivity index (χ2v) is 6.91. The lowest BCUT2D eigenvalue weighted by Crippen LogP contribution is -2.41. The van der Waals surface area contributed by atoms with E-state index in [-0.39, 0.29) is 29.3 Å². The van der Waals surface area contributed by atoms with Gasteiger partial charge in [-0.3, -0.25) is 4.79 Å². The van der Waals surface area contributed by atoms with Crippen LogP contribution >= 0.6 is 0 Å². The van der Waals surface area contributed by atoms with Crippen molar-refractivity contribution in [3.63, 3.8) is 0 Å². The zero-order valence-corrected chi connectivity index (χ0v) is 14.7. The molecule has 1 aromatic carbocycles. The van der Waals surface area contributed by atoms with Gasteiger partial charge in [-0.05, 0) is 38.2 Å². The van der Waals surface area contributed by atoms with Crippen LogP contribution in [0.3, 0.4) is 0 Å². The Bertz CT molecular complexity index is 684. The number of esters is 1. The maximum absolute atomic E-state index is 11.2. The molecule has 130 valence electrons. The average molecular weight is 331 g/mol. The Kier molecular flexibility index (Phi) is 4.30. The van der Waals surface area contributed by atoms with Gasteiger partial charge in [0.15, 0.2) is 11.5 Å². The van der Waals surface area contributed by atoms with E-state index in [1.54, 1.807) is 6.07 Å². The first-order valence-corrected chi connectivity index (χ1v) is 8.42. The highest BCUT2D eigenvalue weighted by molar-refractivity contribution is 5.66. The van der Waals surface area contributed by atoms with Gasteiger partial charge < -0.3 is 19.5 Å². The first-order valence-electron chi connectivity index (χ1n) is 8.42. The van der Waals surface area contributed by atoms with Gasteiger partial charge in [0.2, 0.25) is 0 Å². The number of phenolic OH excluding ortho intramolecular Hbond substituents is 1. The summed E-state index contributed by atoms with van der Waals surface area (Å²) in [5.74, 6) is 0.440. The molecule has 0 spiro atoms. The van der Waals surface area contributed by atoms with Crippen LogP contribution in [0.15, 0.2) is 24.3 Å². The van der Waals surface area contributed by atoms with Crippen molar-refractivity contribution in [3.05, 3.63) is 35.4 Å². The van der Waals surface area contributed by atoms with Crippen molar-refractivity contribution in [1.29, 1.82) is 0 Å². The third-order valence-electron chi connectivity index (χ3n) is 5.09. The van der Waals surface area contributed by atoms with Crippen molar-refractivity contribution in [2.45, 2.75) is 51.4 Å². The summed E-state index contributed by atoms with van der Waals surface area (Å²) in [6.07, 6.45) is 4.16. The number of carbonyl (C=O) groups is 1. The minimum Gasteiger partial charge on any atom is -0.504 e. The fourth-order valence-electron chi connectivity index (χ4n) is 3.66. The predicted octanol–water partition coefficient (Wildman–Crippen LogP) is 2.75. The van der Waals surface area contributed by atoms with E-state index in [4.69, 9.17) is 9.47 Å². The first kappa shape index (κ1) is 16.8. The Morgan fingerprint density at radius 1 is 1.50 bits per heavy atom. The van der Waals surface area contributed by atoms with Crippen molar-refractivity contribution in [3.8, 4) is 11.5 Å². The molecule has 1 heterocycles. The molecule has 1 N–H and O–H groups in total. The van der Waals surface area contributed by atoms with E-state index < -0.39 is 0 Å². The molecular formula is C19H25NO4. The molecule has 0 aromatic heterocycles. The van der Waals surface area contributed by atoms with Crippen molar-refractivity contribution in [2.24, 2.45) is 0 Å². The number of benzene rings is 1. The quantitative estimate of drug-likeness (QED) is 0.679. The highest BCUT2D eigenvalue weighted by Gasteiger charge is 2.49. The van der Waals surface area contributed by atoms with E-state index in [2.05, 4.69) is 31.9 Å². The molecule has 0 amide bonds. The summed E-state index contributed by atoms with van der Waals surface area (Å²) in [5, 5.41) is 10.3. The Balaban J connectivity index is 1.99. The summed E-state index contributed by atoms with van der Waals surface area (Å²) in [6.45, 7) is 7.40. The molecule has 1 aliphatic carbocycles. The monoisotopic (exact) mass is 331 g/mol. The highest BCUT2D eigenvalue weighted by atomic mass is 16.5. The maximum Gasteiger partial charge on any atom is 0.303 e. The van der Waals surface area contributed by atoms with Crippen molar-refractivity contribution in [2.75, 3.05) is 13.6 Å². The Hall–Kier alpha value is -2.01. The molecule has 3 rings (SSSR count). The van der Waals surface area contributed by atoms with Crippen LogP contribution in [0.1, 0.15) is 38.3 Å². The highest BCUT2D eigenvalue weighted by Crippen LogP contribution is 2.52. The van der Waals surface area contributed by atoms with Crippen molar-refractivity contribution >= 4 is 5.97 Å². The number of hydrogen-bond acceptors (Lipinski definition) is 5. The largest absolute Gasteiger partial charge is 0.504 e. The van der Waals surface area contributed by atoms with Crippen LogP contribution in [-0.2, 0) is 21.5 Å². The molecular weight excluding hydrogens is 306 g/mol. The van der Waals surface area contributed by atoms with E-state index >= 15 is 0 Å². The maximum atomic E-state index is 11.2. The molecule has 24 heavy (non-hydrogen) atoms. The van der Waals surface area contributed by atoms with Crippen LogP contribution in [-0.4, -0.2) is 41.8 Å². The summed E-state index contributed by atoms with van der Waals surface area (Å²) in [7, 11) is 2.07. The molecule has 0 unspecified atom stereocenters. The summed E-state index contributed by atoms with van der Waals surface area (Å²) >= 11 is 0. The SMILES string of the molecule is CCN(C)Cc1ccc(O)c2c1[C@]1(C)C=C[C@H](OC(C)=O)C[C@@H]1O2. The summed E-state index contributed by atoms with van der Waals surface area (Å²) < 4.78 is 11.4. The van der Waals surface area contributed by atoms with Gasteiger partial charge in [-0.2, -0.15) is 0 Å². The van der Waals surface area contributed by atoms with E-state index in [9.17, 15) is 9.90 Å². The van der Waals surface area contributed by atoms with E-state index in [1.807, 2.05) is 12.1 Å². The fraction of sp³-hybridized carbons (Fsp3) is 0.526. The number of phenols is 1. The normalized spacial score (nSPS) is 27.5. The number of nitrogens with zero attached hydrogens (tertiary/aromatic N) is 1. The Morgan fingerprint density at radius 2 is 2.25 bits per heavy atom. The van der Waals surface area contributed by atoms with Gasteiger partial charge in [-0.25, -0.2) is 0 Å². The molecule has 5 heteroatoms. The second kappa shape index (κ2) is 6.13. The van der Waals surface area contributed by atoms with Crippen molar-refractivity contribution < 1.29 is 19.4 Å². The second-order valence-electron chi connectivity index (χ2n) is 6.91. The van der Waals surface area contributed by atoms with E-state index in [0.717, 1.165) is 24.2 Å². The molecule has 0 saturated heterocycles. The lowest BCUT2D eigenvalue weighted by Gasteiger charge is -2.34. The van der Waals surface area contributed by atoms with Crippen LogP contribution in [0.4, 0.5) is 0 Å².